The van der Waals surface area contributed by atoms with Gasteiger partial charge >= 0.3 is 6.18 Å². The van der Waals surface area contributed by atoms with Crippen LogP contribution >= 0.6 is 0 Å². The Kier molecular flexibility index (Phi) is 5.95. The molecule has 0 bridgehead atoms. The summed E-state index contributed by atoms with van der Waals surface area (Å²) in [7, 11) is 1.59. The summed E-state index contributed by atoms with van der Waals surface area (Å²) in [6.07, 6.45) is -3.43. The van der Waals surface area contributed by atoms with Crippen molar-refractivity contribution in [2.24, 2.45) is 17.3 Å². The van der Waals surface area contributed by atoms with Crippen LogP contribution in [0.2, 0.25) is 0 Å². The summed E-state index contributed by atoms with van der Waals surface area (Å²) in [6.45, 7) is 13.5. The van der Waals surface area contributed by atoms with Gasteiger partial charge in [0.05, 0.1) is 0 Å². The lowest BCUT2D eigenvalue weighted by molar-refractivity contribution is -0.237. The van der Waals surface area contributed by atoms with Gasteiger partial charge in [0.25, 0.3) is 0 Å². The molecule has 0 aromatic rings. The molecule has 1 nitrogen and oxygen atoms in total. The van der Waals surface area contributed by atoms with E-state index in [0.29, 0.717) is 12.5 Å². The minimum Gasteiger partial charge on any atom is -0.293 e. The molecule has 0 amide bonds. The van der Waals surface area contributed by atoms with Crippen molar-refractivity contribution in [3.05, 3.63) is 0 Å². The molecule has 0 saturated heterocycles. The van der Waals surface area contributed by atoms with Gasteiger partial charge in [-0.3, -0.25) is 4.90 Å². The first-order valence-electron chi connectivity index (χ1n) is 7.02. The second kappa shape index (κ2) is 6.02. The van der Waals surface area contributed by atoms with Crippen molar-refractivity contribution in [1.29, 1.82) is 0 Å². The Hall–Kier alpha value is -0.250. The Morgan fingerprint density at radius 3 is 1.63 bits per heavy atom. The highest BCUT2D eigenvalue weighted by atomic mass is 19.4. The van der Waals surface area contributed by atoms with Gasteiger partial charge in [-0.15, -0.1) is 0 Å². The fourth-order valence-corrected chi connectivity index (χ4v) is 2.04. The third-order valence-corrected chi connectivity index (χ3v) is 4.87. The molecule has 0 saturated carbocycles. The van der Waals surface area contributed by atoms with Crippen LogP contribution in [0.25, 0.3) is 0 Å². The zero-order valence-corrected chi connectivity index (χ0v) is 13.7. The minimum atomic E-state index is -4.21. The molecule has 0 aromatic heterocycles. The highest BCUT2D eigenvalue weighted by Crippen LogP contribution is 2.40. The van der Waals surface area contributed by atoms with Crippen LogP contribution in [0, 0.1) is 17.3 Å². The lowest BCUT2D eigenvalue weighted by Gasteiger charge is -2.44. The molecule has 4 heteroatoms. The lowest BCUT2D eigenvalue weighted by atomic mass is 9.79. The van der Waals surface area contributed by atoms with E-state index in [1.807, 2.05) is 0 Å². The predicted octanol–water partition coefficient (Wildman–Crippen LogP) is 4.97. The molecule has 0 unspecified atom stereocenters. The van der Waals surface area contributed by atoms with Crippen LogP contribution < -0.4 is 0 Å². The molecule has 0 aliphatic carbocycles. The fraction of sp³-hybridized carbons (Fsp3) is 1.00. The summed E-state index contributed by atoms with van der Waals surface area (Å²) in [4.78, 5) is 1.47. The lowest BCUT2D eigenvalue weighted by Crippen LogP contribution is -2.59. The van der Waals surface area contributed by atoms with Crippen molar-refractivity contribution in [3.63, 3.8) is 0 Å². The molecule has 116 valence electrons. The van der Waals surface area contributed by atoms with Crippen molar-refractivity contribution in [2.75, 3.05) is 13.6 Å². The summed E-state index contributed by atoms with van der Waals surface area (Å²) >= 11 is 0. The van der Waals surface area contributed by atoms with E-state index in [1.54, 1.807) is 20.9 Å². The van der Waals surface area contributed by atoms with Crippen LogP contribution in [0.1, 0.15) is 54.9 Å². The van der Waals surface area contributed by atoms with Crippen LogP contribution in [0.15, 0.2) is 0 Å². The average molecular weight is 281 g/mol. The molecule has 0 spiro atoms. The first-order valence-corrected chi connectivity index (χ1v) is 7.02. The Labute approximate surface area is 116 Å². The number of halogens is 3. The molecule has 0 aliphatic rings. The molecule has 0 rings (SSSR count). The first kappa shape index (κ1) is 18.8. The van der Waals surface area contributed by atoms with Crippen LogP contribution in [-0.2, 0) is 0 Å². The predicted molar refractivity (Wildman–Crippen MR) is 75.2 cm³/mol. The van der Waals surface area contributed by atoms with Crippen LogP contribution in [0.4, 0.5) is 13.2 Å². The van der Waals surface area contributed by atoms with Crippen molar-refractivity contribution in [2.45, 2.75) is 66.6 Å². The van der Waals surface area contributed by atoms with Gasteiger partial charge < -0.3 is 0 Å². The highest BCUT2D eigenvalue weighted by Gasteiger charge is 2.55. The van der Waals surface area contributed by atoms with Gasteiger partial charge in [-0.05, 0) is 44.2 Å². The van der Waals surface area contributed by atoms with Gasteiger partial charge in [-0.2, -0.15) is 13.2 Å². The fourth-order valence-electron chi connectivity index (χ4n) is 2.04. The second-order valence-corrected chi connectivity index (χ2v) is 7.28. The first-order chi connectivity index (χ1) is 8.24. The van der Waals surface area contributed by atoms with Crippen molar-refractivity contribution in [3.8, 4) is 0 Å². The molecule has 2 atom stereocenters. The molecule has 0 radical (unpaired) electrons. The molecule has 19 heavy (non-hydrogen) atoms. The van der Waals surface area contributed by atoms with Gasteiger partial charge in [-0.1, -0.05) is 41.5 Å². The van der Waals surface area contributed by atoms with Crippen molar-refractivity contribution >= 4 is 0 Å². The molecular weight excluding hydrogens is 251 g/mol. The Morgan fingerprint density at radius 1 is 0.947 bits per heavy atom. The van der Waals surface area contributed by atoms with E-state index in [4.69, 9.17) is 0 Å². The van der Waals surface area contributed by atoms with Gasteiger partial charge in [-0.25, -0.2) is 0 Å². The van der Waals surface area contributed by atoms with Gasteiger partial charge in [0.15, 0.2) is 0 Å². The number of nitrogens with zero attached hydrogens (tertiary/aromatic N) is 1. The number of rotatable bonds is 5. The maximum absolute atomic E-state index is 13.3. The zero-order valence-electron chi connectivity index (χ0n) is 13.7. The van der Waals surface area contributed by atoms with Gasteiger partial charge in [0.1, 0.15) is 5.54 Å². The van der Waals surface area contributed by atoms with E-state index in [-0.39, 0.29) is 5.41 Å². The molecule has 0 heterocycles. The maximum Gasteiger partial charge on any atom is 0.406 e. The number of hydrogen-bond acceptors (Lipinski definition) is 1. The third kappa shape index (κ3) is 4.37. The van der Waals surface area contributed by atoms with Crippen LogP contribution in [-0.4, -0.2) is 30.2 Å². The molecule has 0 aromatic carbocycles. The van der Waals surface area contributed by atoms with Crippen molar-refractivity contribution < 1.29 is 13.2 Å². The normalized spacial score (nSPS) is 18.8. The van der Waals surface area contributed by atoms with E-state index in [2.05, 4.69) is 27.7 Å². The van der Waals surface area contributed by atoms with Gasteiger partial charge in [0, 0.05) is 0 Å². The summed E-state index contributed by atoms with van der Waals surface area (Å²) in [5.41, 5.74) is -1.63. The summed E-state index contributed by atoms with van der Waals surface area (Å²) in [6, 6.07) is 0. The van der Waals surface area contributed by atoms with Crippen LogP contribution in [0.3, 0.4) is 0 Å². The van der Waals surface area contributed by atoms with E-state index in [9.17, 15) is 13.2 Å². The second-order valence-electron chi connectivity index (χ2n) is 7.28. The van der Waals surface area contributed by atoms with Gasteiger partial charge in [0.2, 0.25) is 0 Å². The largest absolute Gasteiger partial charge is 0.406 e. The van der Waals surface area contributed by atoms with Crippen LogP contribution in [0.5, 0.6) is 0 Å². The molecular formula is C15H30F3N. The maximum atomic E-state index is 13.3. The van der Waals surface area contributed by atoms with Crippen molar-refractivity contribution in [1.82, 2.24) is 4.90 Å². The molecule has 0 N–H and O–H groups in total. The van der Waals surface area contributed by atoms with E-state index in [1.165, 1.54) is 11.8 Å². The Morgan fingerprint density at radius 2 is 1.37 bits per heavy atom. The smallest absolute Gasteiger partial charge is 0.293 e. The van der Waals surface area contributed by atoms with E-state index < -0.39 is 17.6 Å². The van der Waals surface area contributed by atoms with E-state index in [0.717, 1.165) is 6.42 Å². The topological polar surface area (TPSA) is 3.24 Å². The monoisotopic (exact) mass is 281 g/mol. The highest BCUT2D eigenvalue weighted by molar-refractivity contribution is 4.94. The number of alkyl halides is 3. The standard InChI is InChI=1S/C15H30F3N/c1-11(2)14(7,15(16,17)18)19(8)10-9-12(3)13(4,5)6/h11-12H,9-10H2,1-8H3/t12-,14-/m0/s1. The van der Waals surface area contributed by atoms with E-state index >= 15 is 0 Å². The summed E-state index contributed by atoms with van der Waals surface area (Å²) < 4.78 is 40.0. The quantitative estimate of drug-likeness (QED) is 0.688. The minimum absolute atomic E-state index is 0.132. The number of hydrogen-bond donors (Lipinski definition) is 0. The average Bonchev–Trinajstić information content (AvgIpc) is 2.20. The Balaban J connectivity index is 4.84. The summed E-state index contributed by atoms with van der Waals surface area (Å²) in [5.74, 6) is -0.0814. The Bertz CT molecular complexity index is 278. The third-order valence-electron chi connectivity index (χ3n) is 4.87. The SMILES string of the molecule is CC(C)[C@](C)(N(C)CC[C@H](C)C(C)(C)C)C(F)(F)F. The summed E-state index contributed by atoms with van der Waals surface area (Å²) in [5, 5.41) is 0. The zero-order chi connectivity index (χ0) is 15.6. The molecule has 0 aliphatic heterocycles. The molecule has 0 fully saturated rings.